The van der Waals surface area contributed by atoms with Crippen molar-refractivity contribution in [1.82, 2.24) is 9.80 Å². The Bertz CT molecular complexity index is 996. The molecule has 1 saturated heterocycles. The van der Waals surface area contributed by atoms with Gasteiger partial charge in [0.2, 0.25) is 11.8 Å². The molecule has 35 heavy (non-hydrogen) atoms. The van der Waals surface area contributed by atoms with Gasteiger partial charge in [0.05, 0.1) is 6.54 Å². The predicted molar refractivity (Wildman–Crippen MR) is 128 cm³/mol. The summed E-state index contributed by atoms with van der Waals surface area (Å²) < 4.78 is 42.4. The zero-order valence-corrected chi connectivity index (χ0v) is 20.3. The van der Waals surface area contributed by atoms with Crippen molar-refractivity contribution in [3.05, 3.63) is 59.2 Å². The average molecular weight is 492 g/mol. The second kappa shape index (κ2) is 11.6. The van der Waals surface area contributed by atoms with Crippen LogP contribution in [0, 0.1) is 19.8 Å². The molecule has 3 rings (SSSR count). The van der Waals surface area contributed by atoms with Gasteiger partial charge in [-0.3, -0.25) is 14.5 Å². The number of aryl methyl sites for hydroxylation is 2. The van der Waals surface area contributed by atoms with Gasteiger partial charge in [-0.05, 0) is 62.6 Å². The lowest BCUT2D eigenvalue weighted by atomic mass is 9.95. The molecule has 0 radical (unpaired) electrons. The largest absolute Gasteiger partial charge is 0.484 e. The van der Waals surface area contributed by atoms with Crippen LogP contribution in [0.1, 0.15) is 29.5 Å². The number of halogens is 3. The summed E-state index contributed by atoms with van der Waals surface area (Å²) in [5.74, 6) is 0.0896. The molecule has 1 aliphatic heterocycles. The maximum atomic E-state index is 12.8. The number of nitrogens with one attached hydrogen (secondary N) is 1. The first-order valence-electron chi connectivity index (χ1n) is 11.6. The number of likely N-dealkylation sites (N-methyl/N-ethyl adjacent to an activating group) is 1. The van der Waals surface area contributed by atoms with Crippen LogP contribution in [-0.2, 0) is 16.1 Å². The molecule has 0 aliphatic carbocycles. The van der Waals surface area contributed by atoms with Crippen molar-refractivity contribution in [3.63, 3.8) is 0 Å². The molecule has 1 aliphatic rings. The van der Waals surface area contributed by atoms with Gasteiger partial charge in [0.25, 0.3) is 0 Å². The molecule has 190 valence electrons. The van der Waals surface area contributed by atoms with Crippen molar-refractivity contribution in [2.24, 2.45) is 5.92 Å². The van der Waals surface area contributed by atoms with Gasteiger partial charge in [-0.25, -0.2) is 0 Å². The number of carbonyl (C=O) groups excluding carboxylic acids is 2. The number of hydrogen-bond donors (Lipinski definition) is 1. The molecule has 1 fully saturated rings. The van der Waals surface area contributed by atoms with Crippen LogP contribution in [0.3, 0.4) is 0 Å². The maximum Gasteiger partial charge on any atom is 0.422 e. The SMILES string of the molecule is Cc1cc(CN(C)CC(=O)N2CCC(C(=O)Nc3ccccc3)CC2)cc(C)c1OCC(F)(F)F. The van der Waals surface area contributed by atoms with E-state index in [1.807, 2.05) is 42.3 Å². The number of benzene rings is 2. The van der Waals surface area contributed by atoms with E-state index in [0.29, 0.717) is 43.6 Å². The van der Waals surface area contributed by atoms with E-state index in [9.17, 15) is 22.8 Å². The first-order chi connectivity index (χ1) is 16.5. The van der Waals surface area contributed by atoms with Gasteiger partial charge >= 0.3 is 6.18 Å². The average Bonchev–Trinajstić information content (AvgIpc) is 2.78. The van der Waals surface area contributed by atoms with Crippen LogP contribution in [0.15, 0.2) is 42.5 Å². The Hall–Kier alpha value is -3.07. The highest BCUT2D eigenvalue weighted by atomic mass is 19.4. The number of ether oxygens (including phenoxy) is 1. The van der Waals surface area contributed by atoms with Crippen molar-refractivity contribution >= 4 is 17.5 Å². The summed E-state index contributed by atoms with van der Waals surface area (Å²) in [7, 11) is 1.83. The number of rotatable bonds is 8. The number of alkyl halides is 3. The van der Waals surface area contributed by atoms with Crippen LogP contribution >= 0.6 is 0 Å². The van der Waals surface area contributed by atoms with Gasteiger partial charge in [0.1, 0.15) is 5.75 Å². The van der Waals surface area contributed by atoms with Crippen molar-refractivity contribution in [3.8, 4) is 5.75 Å². The number of likely N-dealkylation sites (tertiary alicyclic amines) is 1. The number of para-hydroxylation sites is 1. The van der Waals surface area contributed by atoms with Crippen molar-refractivity contribution in [2.75, 3.05) is 38.6 Å². The third kappa shape index (κ3) is 7.99. The van der Waals surface area contributed by atoms with Crippen LogP contribution < -0.4 is 10.1 Å². The molecule has 0 bridgehead atoms. The van der Waals surface area contributed by atoms with Crippen LogP contribution in [0.4, 0.5) is 18.9 Å². The fourth-order valence-electron chi connectivity index (χ4n) is 4.37. The minimum atomic E-state index is -4.39. The maximum absolute atomic E-state index is 12.8. The van der Waals surface area contributed by atoms with Crippen LogP contribution in [0.2, 0.25) is 0 Å². The fraction of sp³-hybridized carbons (Fsp3) is 0.462. The molecule has 1 heterocycles. The molecule has 1 N–H and O–H groups in total. The highest BCUT2D eigenvalue weighted by molar-refractivity contribution is 5.92. The highest BCUT2D eigenvalue weighted by Crippen LogP contribution is 2.27. The zero-order valence-electron chi connectivity index (χ0n) is 20.3. The first-order valence-corrected chi connectivity index (χ1v) is 11.6. The summed E-state index contributed by atoms with van der Waals surface area (Å²) in [5, 5.41) is 2.93. The predicted octanol–water partition coefficient (Wildman–Crippen LogP) is 4.55. The Morgan fingerprint density at radius 2 is 1.69 bits per heavy atom. The van der Waals surface area contributed by atoms with E-state index in [1.165, 1.54) is 0 Å². The van der Waals surface area contributed by atoms with Gasteiger partial charge in [-0.1, -0.05) is 30.3 Å². The molecule has 0 spiro atoms. The number of piperidine rings is 1. The van der Waals surface area contributed by atoms with Crippen molar-refractivity contribution < 1.29 is 27.5 Å². The smallest absolute Gasteiger partial charge is 0.422 e. The molecule has 0 atom stereocenters. The lowest BCUT2D eigenvalue weighted by Gasteiger charge is -2.32. The van der Waals surface area contributed by atoms with Gasteiger partial charge in [0.15, 0.2) is 6.61 Å². The number of hydrogen-bond acceptors (Lipinski definition) is 4. The lowest BCUT2D eigenvalue weighted by molar-refractivity contribution is -0.153. The van der Waals surface area contributed by atoms with E-state index in [-0.39, 0.29) is 30.0 Å². The van der Waals surface area contributed by atoms with Crippen LogP contribution in [0.25, 0.3) is 0 Å². The molecular weight excluding hydrogens is 459 g/mol. The van der Waals surface area contributed by atoms with Crippen molar-refractivity contribution in [2.45, 2.75) is 39.4 Å². The normalized spacial score (nSPS) is 14.8. The number of anilines is 1. The Labute approximate surface area is 204 Å². The summed E-state index contributed by atoms with van der Waals surface area (Å²) in [5.41, 5.74) is 2.91. The topological polar surface area (TPSA) is 61.9 Å². The van der Waals surface area contributed by atoms with E-state index in [1.54, 1.807) is 30.9 Å². The second-order valence-electron chi connectivity index (χ2n) is 9.15. The number of carbonyl (C=O) groups is 2. The van der Waals surface area contributed by atoms with Crippen LogP contribution in [0.5, 0.6) is 5.75 Å². The summed E-state index contributed by atoms with van der Waals surface area (Å²) in [6.07, 6.45) is -3.16. The second-order valence-corrected chi connectivity index (χ2v) is 9.15. The summed E-state index contributed by atoms with van der Waals surface area (Å²) in [4.78, 5) is 29.0. The monoisotopic (exact) mass is 491 g/mol. The van der Waals surface area contributed by atoms with Gasteiger partial charge in [0, 0.05) is 31.2 Å². The lowest BCUT2D eigenvalue weighted by Crippen LogP contribution is -2.45. The number of nitrogens with zero attached hydrogens (tertiary/aromatic N) is 2. The molecule has 2 aromatic rings. The molecular formula is C26H32F3N3O3. The Morgan fingerprint density at radius 3 is 2.26 bits per heavy atom. The minimum absolute atomic E-state index is 0.00649. The summed E-state index contributed by atoms with van der Waals surface area (Å²) in [6.45, 7) is 3.85. The van der Waals surface area contributed by atoms with E-state index >= 15 is 0 Å². The Balaban J connectivity index is 1.47. The quantitative estimate of drug-likeness (QED) is 0.589. The molecule has 9 heteroatoms. The number of amides is 2. The van der Waals surface area contributed by atoms with Gasteiger partial charge < -0.3 is 15.0 Å². The molecule has 2 aromatic carbocycles. The molecule has 2 amide bonds. The molecule has 0 unspecified atom stereocenters. The third-order valence-corrected chi connectivity index (χ3v) is 6.02. The third-order valence-electron chi connectivity index (χ3n) is 6.02. The Kier molecular flexibility index (Phi) is 8.77. The Morgan fingerprint density at radius 1 is 1.09 bits per heavy atom. The fourth-order valence-corrected chi connectivity index (χ4v) is 4.37. The first kappa shape index (κ1) is 26.5. The van der Waals surface area contributed by atoms with E-state index in [0.717, 1.165) is 11.3 Å². The highest BCUT2D eigenvalue weighted by Gasteiger charge is 2.29. The van der Waals surface area contributed by atoms with E-state index < -0.39 is 12.8 Å². The molecule has 0 saturated carbocycles. The minimum Gasteiger partial charge on any atom is -0.484 e. The summed E-state index contributed by atoms with van der Waals surface area (Å²) in [6, 6.07) is 12.9. The van der Waals surface area contributed by atoms with Crippen molar-refractivity contribution in [1.29, 1.82) is 0 Å². The van der Waals surface area contributed by atoms with E-state index in [2.05, 4.69) is 5.32 Å². The van der Waals surface area contributed by atoms with Gasteiger partial charge in [-0.15, -0.1) is 0 Å². The standard InChI is InChI=1S/C26H32F3N3O3/c1-18-13-20(14-19(2)24(18)35-17-26(27,28)29)15-31(3)16-23(33)32-11-9-21(10-12-32)25(34)30-22-7-5-4-6-8-22/h4-8,13-14,21H,9-12,15-17H2,1-3H3,(H,30,34). The van der Waals surface area contributed by atoms with Gasteiger partial charge in [-0.2, -0.15) is 13.2 Å². The summed E-state index contributed by atoms with van der Waals surface area (Å²) >= 11 is 0. The van der Waals surface area contributed by atoms with E-state index in [4.69, 9.17) is 4.74 Å². The van der Waals surface area contributed by atoms with Crippen LogP contribution in [-0.4, -0.2) is 61.1 Å². The molecule has 0 aromatic heterocycles. The zero-order chi connectivity index (χ0) is 25.6. The molecule has 6 nitrogen and oxygen atoms in total.